The van der Waals surface area contributed by atoms with Crippen molar-refractivity contribution in [2.75, 3.05) is 5.32 Å². The van der Waals surface area contributed by atoms with E-state index in [1.165, 1.54) is 12.1 Å². The molecule has 0 aliphatic carbocycles. The smallest absolute Gasteiger partial charge is 0.370 e. The SMILES string of the molecule is FC(F)(F)C(Nc1ccc(Br)cc1)c1ccccc1. The van der Waals surface area contributed by atoms with Gasteiger partial charge in [0.15, 0.2) is 0 Å². The van der Waals surface area contributed by atoms with Crippen LogP contribution in [0.15, 0.2) is 59.1 Å². The van der Waals surface area contributed by atoms with Crippen LogP contribution in [0, 0.1) is 0 Å². The van der Waals surface area contributed by atoms with Gasteiger partial charge >= 0.3 is 6.18 Å². The molecule has 0 saturated heterocycles. The van der Waals surface area contributed by atoms with E-state index in [1.807, 2.05) is 0 Å². The van der Waals surface area contributed by atoms with E-state index in [9.17, 15) is 13.2 Å². The van der Waals surface area contributed by atoms with Crippen LogP contribution in [0.1, 0.15) is 11.6 Å². The zero-order valence-corrected chi connectivity index (χ0v) is 11.4. The van der Waals surface area contributed by atoms with Crippen LogP contribution in [-0.4, -0.2) is 6.18 Å². The van der Waals surface area contributed by atoms with Gasteiger partial charge in [0.25, 0.3) is 0 Å². The third kappa shape index (κ3) is 3.73. The first-order valence-electron chi connectivity index (χ1n) is 5.60. The Hall–Kier alpha value is -1.49. The van der Waals surface area contributed by atoms with Crippen molar-refractivity contribution in [3.05, 3.63) is 64.6 Å². The summed E-state index contributed by atoms with van der Waals surface area (Å²) in [6.45, 7) is 0. The van der Waals surface area contributed by atoms with Crippen LogP contribution in [0.25, 0.3) is 0 Å². The van der Waals surface area contributed by atoms with Gasteiger partial charge in [-0.1, -0.05) is 46.3 Å². The molecule has 19 heavy (non-hydrogen) atoms. The topological polar surface area (TPSA) is 12.0 Å². The third-order valence-corrected chi connectivity index (χ3v) is 3.14. The van der Waals surface area contributed by atoms with E-state index >= 15 is 0 Å². The highest BCUT2D eigenvalue weighted by molar-refractivity contribution is 9.10. The second-order valence-electron chi connectivity index (χ2n) is 4.04. The van der Waals surface area contributed by atoms with Crippen molar-refractivity contribution in [3.63, 3.8) is 0 Å². The molecule has 2 rings (SSSR count). The van der Waals surface area contributed by atoms with Crippen LogP contribution in [0.5, 0.6) is 0 Å². The van der Waals surface area contributed by atoms with Crippen molar-refractivity contribution >= 4 is 21.6 Å². The minimum absolute atomic E-state index is 0.193. The summed E-state index contributed by atoms with van der Waals surface area (Å²) >= 11 is 3.25. The molecule has 0 spiro atoms. The lowest BCUT2D eigenvalue weighted by Crippen LogP contribution is -2.27. The first-order valence-corrected chi connectivity index (χ1v) is 6.40. The van der Waals surface area contributed by atoms with E-state index in [4.69, 9.17) is 0 Å². The van der Waals surface area contributed by atoms with Crippen molar-refractivity contribution in [1.82, 2.24) is 0 Å². The van der Waals surface area contributed by atoms with E-state index in [0.29, 0.717) is 5.69 Å². The summed E-state index contributed by atoms with van der Waals surface area (Å²) in [6.07, 6.45) is -4.35. The predicted molar refractivity (Wildman–Crippen MR) is 73.0 cm³/mol. The summed E-state index contributed by atoms with van der Waals surface area (Å²) in [7, 11) is 0. The molecule has 1 nitrogen and oxygen atoms in total. The Morgan fingerprint density at radius 1 is 0.895 bits per heavy atom. The number of rotatable bonds is 3. The van der Waals surface area contributed by atoms with Gasteiger partial charge in [0.1, 0.15) is 6.04 Å². The van der Waals surface area contributed by atoms with Gasteiger partial charge in [-0.3, -0.25) is 0 Å². The first kappa shape index (κ1) is 13.9. The minimum atomic E-state index is -4.35. The lowest BCUT2D eigenvalue weighted by Gasteiger charge is -2.23. The predicted octanol–water partition coefficient (Wildman–Crippen LogP) is 5.16. The summed E-state index contributed by atoms with van der Waals surface area (Å²) in [5, 5.41) is 2.52. The highest BCUT2D eigenvalue weighted by atomic mass is 79.9. The van der Waals surface area contributed by atoms with Crippen molar-refractivity contribution in [2.45, 2.75) is 12.2 Å². The van der Waals surface area contributed by atoms with Crippen LogP contribution in [0.4, 0.5) is 18.9 Å². The molecular formula is C14H11BrF3N. The van der Waals surface area contributed by atoms with Crippen LogP contribution in [-0.2, 0) is 0 Å². The molecule has 1 N–H and O–H groups in total. The van der Waals surface area contributed by atoms with E-state index in [0.717, 1.165) is 4.47 Å². The summed E-state index contributed by atoms with van der Waals surface area (Å²) in [5.41, 5.74) is 0.618. The normalized spacial score (nSPS) is 13.1. The Labute approximate surface area is 117 Å². The monoisotopic (exact) mass is 329 g/mol. The maximum atomic E-state index is 13.1. The van der Waals surface area contributed by atoms with Gasteiger partial charge in [0.05, 0.1) is 0 Å². The highest BCUT2D eigenvalue weighted by Crippen LogP contribution is 2.35. The first-order chi connectivity index (χ1) is 8.97. The summed E-state index contributed by atoms with van der Waals surface area (Å²) in [5.74, 6) is 0. The quantitative estimate of drug-likeness (QED) is 0.819. The Morgan fingerprint density at radius 3 is 2.00 bits per heavy atom. The van der Waals surface area contributed by atoms with Crippen LogP contribution >= 0.6 is 15.9 Å². The molecule has 2 aromatic carbocycles. The van der Waals surface area contributed by atoms with Crippen molar-refractivity contribution in [3.8, 4) is 0 Å². The van der Waals surface area contributed by atoms with Gasteiger partial charge in [0.2, 0.25) is 0 Å². The van der Waals surface area contributed by atoms with Gasteiger partial charge in [-0.15, -0.1) is 0 Å². The molecule has 0 amide bonds. The second-order valence-corrected chi connectivity index (χ2v) is 4.95. The Morgan fingerprint density at radius 2 is 1.47 bits per heavy atom. The van der Waals surface area contributed by atoms with E-state index in [-0.39, 0.29) is 5.56 Å². The number of hydrogen-bond acceptors (Lipinski definition) is 1. The Bertz CT molecular complexity index is 523. The largest absolute Gasteiger partial charge is 0.412 e. The van der Waals surface area contributed by atoms with Crippen molar-refractivity contribution in [2.24, 2.45) is 0 Å². The number of nitrogens with one attached hydrogen (secondary N) is 1. The number of alkyl halides is 3. The van der Waals surface area contributed by atoms with Crippen molar-refractivity contribution < 1.29 is 13.2 Å². The van der Waals surface area contributed by atoms with E-state index in [2.05, 4.69) is 21.2 Å². The fourth-order valence-corrected chi connectivity index (χ4v) is 1.98. The molecule has 0 aromatic heterocycles. The third-order valence-electron chi connectivity index (χ3n) is 2.62. The second kappa shape index (κ2) is 5.65. The minimum Gasteiger partial charge on any atom is -0.370 e. The standard InChI is InChI=1S/C14H11BrF3N/c15-11-6-8-12(9-7-11)19-13(14(16,17)18)10-4-2-1-3-5-10/h1-9,13,19H. The van der Waals surface area contributed by atoms with Gasteiger partial charge in [-0.05, 0) is 29.8 Å². The molecule has 100 valence electrons. The summed E-state index contributed by atoms with van der Waals surface area (Å²) < 4.78 is 40.1. The fourth-order valence-electron chi connectivity index (χ4n) is 1.71. The van der Waals surface area contributed by atoms with E-state index in [1.54, 1.807) is 42.5 Å². The molecule has 0 saturated carbocycles. The molecule has 0 aliphatic rings. The van der Waals surface area contributed by atoms with Gasteiger partial charge in [0, 0.05) is 10.2 Å². The van der Waals surface area contributed by atoms with Crippen LogP contribution in [0.3, 0.4) is 0 Å². The van der Waals surface area contributed by atoms with Crippen molar-refractivity contribution in [1.29, 1.82) is 0 Å². The molecule has 1 unspecified atom stereocenters. The highest BCUT2D eigenvalue weighted by Gasteiger charge is 2.40. The Balaban J connectivity index is 2.27. The van der Waals surface area contributed by atoms with Gasteiger partial charge in [-0.25, -0.2) is 0 Å². The molecule has 0 heterocycles. The lowest BCUT2D eigenvalue weighted by molar-refractivity contribution is -0.144. The summed E-state index contributed by atoms with van der Waals surface area (Å²) in [6, 6.07) is 12.7. The molecule has 0 radical (unpaired) electrons. The van der Waals surface area contributed by atoms with E-state index < -0.39 is 12.2 Å². The molecular weight excluding hydrogens is 319 g/mol. The molecule has 1 atom stereocenters. The maximum Gasteiger partial charge on any atom is 0.412 e. The fraction of sp³-hybridized carbons (Fsp3) is 0.143. The number of hydrogen-bond donors (Lipinski definition) is 1. The zero-order chi connectivity index (χ0) is 13.9. The molecule has 0 fully saturated rings. The van der Waals surface area contributed by atoms with Crippen LogP contribution in [0.2, 0.25) is 0 Å². The van der Waals surface area contributed by atoms with Gasteiger partial charge in [-0.2, -0.15) is 13.2 Å². The van der Waals surface area contributed by atoms with Crippen LogP contribution < -0.4 is 5.32 Å². The zero-order valence-electron chi connectivity index (χ0n) is 9.79. The average Bonchev–Trinajstić information content (AvgIpc) is 2.37. The number of halogens is 4. The molecule has 2 aromatic rings. The number of benzene rings is 2. The average molecular weight is 330 g/mol. The Kier molecular flexibility index (Phi) is 4.14. The van der Waals surface area contributed by atoms with Gasteiger partial charge < -0.3 is 5.32 Å². The lowest BCUT2D eigenvalue weighted by atomic mass is 10.1. The molecule has 0 aliphatic heterocycles. The molecule has 5 heteroatoms. The maximum absolute atomic E-state index is 13.1. The number of anilines is 1. The molecule has 0 bridgehead atoms. The summed E-state index contributed by atoms with van der Waals surface area (Å²) in [4.78, 5) is 0.